The van der Waals surface area contributed by atoms with Crippen LogP contribution in [0.1, 0.15) is 17.2 Å². The van der Waals surface area contributed by atoms with E-state index >= 15 is 0 Å². The highest BCUT2D eigenvalue weighted by molar-refractivity contribution is 9.10. The maximum absolute atomic E-state index is 13.6. The third-order valence-corrected chi connectivity index (χ3v) is 3.67. The van der Waals surface area contributed by atoms with Gasteiger partial charge in [0.25, 0.3) is 0 Å². The van der Waals surface area contributed by atoms with Crippen molar-refractivity contribution in [3.63, 3.8) is 0 Å². The van der Waals surface area contributed by atoms with Gasteiger partial charge in [0.2, 0.25) is 0 Å². The molecule has 2 rings (SSSR count). The summed E-state index contributed by atoms with van der Waals surface area (Å²) in [4.78, 5) is 0. The van der Waals surface area contributed by atoms with Gasteiger partial charge >= 0.3 is 0 Å². The molecule has 0 aliphatic heterocycles. The zero-order chi connectivity index (χ0) is 13.1. The fourth-order valence-electron chi connectivity index (χ4n) is 1.78. The van der Waals surface area contributed by atoms with Gasteiger partial charge < -0.3 is 5.73 Å². The summed E-state index contributed by atoms with van der Waals surface area (Å²) in [5.41, 5.74) is 7.50. The SMILES string of the molecule is NC(Cc1c(F)cccc1Cl)c1ccc(Br)cc1. The van der Waals surface area contributed by atoms with Crippen molar-refractivity contribution in [3.8, 4) is 0 Å². The lowest BCUT2D eigenvalue weighted by molar-refractivity contribution is 0.593. The molecule has 18 heavy (non-hydrogen) atoms. The zero-order valence-corrected chi connectivity index (χ0v) is 11.9. The van der Waals surface area contributed by atoms with Crippen molar-refractivity contribution in [1.82, 2.24) is 0 Å². The molecule has 0 bridgehead atoms. The minimum Gasteiger partial charge on any atom is -0.324 e. The van der Waals surface area contributed by atoms with Crippen molar-refractivity contribution in [2.75, 3.05) is 0 Å². The molecule has 0 fully saturated rings. The molecule has 0 radical (unpaired) electrons. The molecule has 0 amide bonds. The smallest absolute Gasteiger partial charge is 0.127 e. The fraction of sp³-hybridized carbons (Fsp3) is 0.143. The summed E-state index contributed by atoms with van der Waals surface area (Å²) in [7, 11) is 0. The molecule has 0 saturated carbocycles. The van der Waals surface area contributed by atoms with Crippen LogP contribution in [0.15, 0.2) is 46.9 Å². The van der Waals surface area contributed by atoms with Crippen LogP contribution in [0.3, 0.4) is 0 Å². The summed E-state index contributed by atoms with van der Waals surface area (Å²) in [6.45, 7) is 0. The summed E-state index contributed by atoms with van der Waals surface area (Å²) in [5, 5.41) is 0.419. The van der Waals surface area contributed by atoms with Gasteiger partial charge in [0, 0.05) is 21.1 Å². The predicted molar refractivity (Wildman–Crippen MR) is 76.2 cm³/mol. The first-order chi connectivity index (χ1) is 8.58. The number of halogens is 3. The molecule has 1 unspecified atom stereocenters. The Hall–Kier alpha value is -0.900. The lowest BCUT2D eigenvalue weighted by Crippen LogP contribution is -2.14. The second kappa shape index (κ2) is 5.83. The first-order valence-corrected chi connectivity index (χ1v) is 6.69. The van der Waals surface area contributed by atoms with E-state index in [9.17, 15) is 4.39 Å². The van der Waals surface area contributed by atoms with Crippen LogP contribution < -0.4 is 5.73 Å². The monoisotopic (exact) mass is 327 g/mol. The Morgan fingerprint density at radius 2 is 1.83 bits per heavy atom. The van der Waals surface area contributed by atoms with Crippen molar-refractivity contribution in [3.05, 3.63) is 68.9 Å². The van der Waals surface area contributed by atoms with Crippen molar-refractivity contribution >= 4 is 27.5 Å². The maximum Gasteiger partial charge on any atom is 0.127 e. The molecule has 0 aliphatic carbocycles. The van der Waals surface area contributed by atoms with Crippen molar-refractivity contribution in [1.29, 1.82) is 0 Å². The average molecular weight is 329 g/mol. The molecule has 4 heteroatoms. The van der Waals surface area contributed by atoms with Crippen LogP contribution in [0.25, 0.3) is 0 Å². The van der Waals surface area contributed by atoms with Gasteiger partial charge in [0.1, 0.15) is 5.82 Å². The molecule has 1 nitrogen and oxygen atoms in total. The summed E-state index contributed by atoms with van der Waals surface area (Å²) in [5.74, 6) is -0.310. The maximum atomic E-state index is 13.6. The molecule has 2 N–H and O–H groups in total. The first-order valence-electron chi connectivity index (χ1n) is 5.52. The number of rotatable bonds is 3. The minimum atomic E-state index is -0.310. The highest BCUT2D eigenvalue weighted by Crippen LogP contribution is 2.25. The lowest BCUT2D eigenvalue weighted by Gasteiger charge is -2.14. The van der Waals surface area contributed by atoms with E-state index in [1.54, 1.807) is 12.1 Å². The van der Waals surface area contributed by atoms with E-state index in [0.29, 0.717) is 17.0 Å². The topological polar surface area (TPSA) is 26.0 Å². The molecule has 2 aromatic rings. The molecule has 0 saturated heterocycles. The Morgan fingerprint density at radius 1 is 1.17 bits per heavy atom. The van der Waals surface area contributed by atoms with E-state index in [-0.39, 0.29) is 11.9 Å². The Kier molecular flexibility index (Phi) is 4.38. The van der Waals surface area contributed by atoms with E-state index in [1.807, 2.05) is 24.3 Å². The Balaban J connectivity index is 2.21. The standard InChI is InChI=1S/C14H12BrClFN/c15-10-6-4-9(5-7-10)14(18)8-11-12(16)2-1-3-13(11)17/h1-7,14H,8,18H2. The summed E-state index contributed by atoms with van der Waals surface area (Å²) >= 11 is 9.35. The molecule has 94 valence electrons. The number of nitrogens with two attached hydrogens (primary N) is 1. The fourth-order valence-corrected chi connectivity index (χ4v) is 2.28. The van der Waals surface area contributed by atoms with Gasteiger partial charge in [-0.3, -0.25) is 0 Å². The van der Waals surface area contributed by atoms with Crippen LogP contribution in [-0.4, -0.2) is 0 Å². The number of benzene rings is 2. The third-order valence-electron chi connectivity index (χ3n) is 2.78. The molecule has 0 aliphatic rings. The van der Waals surface area contributed by atoms with Gasteiger partial charge in [0.15, 0.2) is 0 Å². The van der Waals surface area contributed by atoms with Gasteiger partial charge in [-0.15, -0.1) is 0 Å². The molecule has 0 spiro atoms. The largest absolute Gasteiger partial charge is 0.324 e. The van der Waals surface area contributed by atoms with Crippen molar-refractivity contribution in [2.45, 2.75) is 12.5 Å². The van der Waals surface area contributed by atoms with Gasteiger partial charge in [0.05, 0.1) is 0 Å². The van der Waals surface area contributed by atoms with Crippen LogP contribution >= 0.6 is 27.5 Å². The second-order valence-corrected chi connectivity index (χ2v) is 5.39. The summed E-state index contributed by atoms with van der Waals surface area (Å²) in [6, 6.07) is 12.1. The Bertz CT molecular complexity index is 522. The van der Waals surface area contributed by atoms with Gasteiger partial charge in [-0.25, -0.2) is 4.39 Å². The Morgan fingerprint density at radius 3 is 2.44 bits per heavy atom. The average Bonchev–Trinajstić information content (AvgIpc) is 2.34. The van der Waals surface area contributed by atoms with Crippen molar-refractivity contribution < 1.29 is 4.39 Å². The van der Waals surface area contributed by atoms with E-state index < -0.39 is 0 Å². The predicted octanol–water partition coefficient (Wildman–Crippen LogP) is 4.48. The second-order valence-electron chi connectivity index (χ2n) is 4.06. The molecular weight excluding hydrogens is 317 g/mol. The first kappa shape index (κ1) is 13.5. The molecule has 0 aromatic heterocycles. The van der Waals surface area contributed by atoms with Crippen LogP contribution in [0.2, 0.25) is 5.02 Å². The third kappa shape index (κ3) is 3.10. The molecular formula is C14H12BrClFN. The highest BCUT2D eigenvalue weighted by Gasteiger charge is 2.13. The normalized spacial score (nSPS) is 12.4. The van der Waals surface area contributed by atoms with Crippen LogP contribution in [0.4, 0.5) is 4.39 Å². The van der Waals surface area contributed by atoms with E-state index in [1.165, 1.54) is 6.07 Å². The van der Waals surface area contributed by atoms with Gasteiger partial charge in [-0.1, -0.05) is 45.7 Å². The van der Waals surface area contributed by atoms with Crippen LogP contribution in [0, 0.1) is 5.82 Å². The van der Waals surface area contributed by atoms with Crippen LogP contribution in [0.5, 0.6) is 0 Å². The minimum absolute atomic E-state index is 0.271. The summed E-state index contributed by atoms with van der Waals surface area (Å²) < 4.78 is 14.6. The summed E-state index contributed by atoms with van der Waals surface area (Å²) in [6.07, 6.45) is 0.382. The Labute approximate surface area is 119 Å². The molecule has 1 atom stereocenters. The van der Waals surface area contributed by atoms with Gasteiger partial charge in [-0.05, 0) is 36.2 Å². The molecule has 0 heterocycles. The van der Waals surface area contributed by atoms with Gasteiger partial charge in [-0.2, -0.15) is 0 Å². The van der Waals surface area contributed by atoms with E-state index in [0.717, 1.165) is 10.0 Å². The van der Waals surface area contributed by atoms with Crippen LogP contribution in [-0.2, 0) is 6.42 Å². The van der Waals surface area contributed by atoms with Crippen molar-refractivity contribution in [2.24, 2.45) is 5.73 Å². The quantitative estimate of drug-likeness (QED) is 0.883. The highest BCUT2D eigenvalue weighted by atomic mass is 79.9. The van der Waals surface area contributed by atoms with E-state index in [4.69, 9.17) is 17.3 Å². The number of hydrogen-bond acceptors (Lipinski definition) is 1. The van der Waals surface area contributed by atoms with E-state index in [2.05, 4.69) is 15.9 Å². The zero-order valence-electron chi connectivity index (χ0n) is 9.54. The number of hydrogen-bond donors (Lipinski definition) is 1. The lowest BCUT2D eigenvalue weighted by atomic mass is 9.99. The molecule has 2 aromatic carbocycles.